The van der Waals surface area contributed by atoms with Gasteiger partial charge in [0, 0.05) is 28.2 Å². The highest BCUT2D eigenvalue weighted by Gasteiger charge is 2.10. The van der Waals surface area contributed by atoms with E-state index < -0.39 is 16.2 Å². The first-order chi connectivity index (χ1) is 16.6. The Labute approximate surface area is 202 Å². The van der Waals surface area contributed by atoms with Crippen molar-refractivity contribution in [3.8, 4) is 5.75 Å². The topological polar surface area (TPSA) is 140 Å². The van der Waals surface area contributed by atoms with Crippen molar-refractivity contribution in [2.75, 3.05) is 28.2 Å². The van der Waals surface area contributed by atoms with E-state index in [-0.39, 0.29) is 24.2 Å². The lowest BCUT2D eigenvalue weighted by Gasteiger charge is -2.09. The van der Waals surface area contributed by atoms with Crippen LogP contribution in [-0.4, -0.2) is 39.3 Å². The average molecular weight is 498 g/mol. The third kappa shape index (κ3) is 7.86. The molecule has 35 heavy (non-hydrogen) atoms. The van der Waals surface area contributed by atoms with Gasteiger partial charge in [-0.25, -0.2) is 13.2 Å². The second-order valence-corrected chi connectivity index (χ2v) is 9.00. The molecule has 0 radical (unpaired) electrons. The maximum absolute atomic E-state index is 12.5. The minimum Gasteiger partial charge on any atom is -0.434 e. The highest BCUT2D eigenvalue weighted by molar-refractivity contribution is 7.92. The van der Waals surface area contributed by atoms with Crippen LogP contribution < -0.4 is 20.1 Å². The molecule has 0 spiro atoms. The molecule has 0 aromatic heterocycles. The van der Waals surface area contributed by atoms with Crippen LogP contribution >= 0.6 is 0 Å². The first-order valence-electron chi connectivity index (χ1n) is 10.4. The predicted octanol–water partition coefficient (Wildman–Crippen LogP) is 4.10. The minimum absolute atomic E-state index is 0.194. The Morgan fingerprint density at radius 1 is 0.714 bits per heavy atom. The molecule has 0 heterocycles. The molecule has 0 aliphatic heterocycles. The Balaban J connectivity index is 1.55. The van der Waals surface area contributed by atoms with Crippen LogP contribution in [0.5, 0.6) is 5.75 Å². The molecule has 3 aromatic rings. The number of rotatable bonds is 8. The number of hydrogen-bond donors (Lipinski definition) is 3. The third-order valence-corrected chi connectivity index (χ3v) is 5.04. The molecule has 11 heteroatoms. The van der Waals surface area contributed by atoms with Crippen LogP contribution in [0.4, 0.5) is 21.9 Å². The summed E-state index contributed by atoms with van der Waals surface area (Å²) in [5.41, 5.74) is 2.07. The normalized spacial score (nSPS) is 10.7. The van der Waals surface area contributed by atoms with Crippen molar-refractivity contribution in [2.24, 2.45) is 0 Å². The van der Waals surface area contributed by atoms with Gasteiger partial charge in [0.25, 0.3) is 11.8 Å². The number of carbonyl (C=O) groups is 3. The van der Waals surface area contributed by atoms with Crippen molar-refractivity contribution in [1.29, 1.82) is 0 Å². The van der Waals surface area contributed by atoms with Crippen LogP contribution in [0.3, 0.4) is 0 Å². The van der Waals surface area contributed by atoms with E-state index in [0.717, 1.165) is 6.26 Å². The number of anilines is 3. The summed E-state index contributed by atoms with van der Waals surface area (Å²) in [6.07, 6.45) is 0.219. The molecule has 3 rings (SSSR count). The molecule has 10 nitrogen and oxygen atoms in total. The van der Waals surface area contributed by atoms with Crippen LogP contribution in [0.25, 0.3) is 0 Å². The van der Waals surface area contributed by atoms with E-state index in [1.165, 1.54) is 48.5 Å². The van der Waals surface area contributed by atoms with E-state index in [2.05, 4.69) is 15.4 Å². The zero-order chi connectivity index (χ0) is 25.4. The van der Waals surface area contributed by atoms with Gasteiger partial charge in [-0.3, -0.25) is 14.3 Å². The fraction of sp³-hybridized carbons (Fsp3) is 0.125. The maximum atomic E-state index is 12.5. The molecular weight excluding hydrogens is 474 g/mol. The molecule has 0 bridgehead atoms. The smallest absolute Gasteiger partial charge is 0.434 e. The standard InChI is InChI=1S/C24H23N3O7S/c1-3-33-24(30)34-21-14-6-17(7-15-21)23(29)26-19-12-10-18(11-13-19)25-22(28)16-4-8-20(9-5-16)27-35(2,31)32/h4-15,27H,3H2,1-2H3,(H,25,28)(H,26,29). The third-order valence-electron chi connectivity index (χ3n) is 4.43. The van der Waals surface area contributed by atoms with Gasteiger partial charge in [0.05, 0.1) is 12.9 Å². The van der Waals surface area contributed by atoms with Crippen LogP contribution in [-0.2, 0) is 14.8 Å². The lowest BCUT2D eigenvalue weighted by Crippen LogP contribution is -2.14. The summed E-state index contributed by atoms with van der Waals surface area (Å²) in [7, 11) is -3.40. The van der Waals surface area contributed by atoms with Gasteiger partial charge in [0.15, 0.2) is 0 Å². The molecule has 3 N–H and O–H groups in total. The van der Waals surface area contributed by atoms with Crippen molar-refractivity contribution >= 4 is 45.1 Å². The van der Waals surface area contributed by atoms with Gasteiger partial charge in [-0.2, -0.15) is 0 Å². The second kappa shape index (κ2) is 11.2. The van der Waals surface area contributed by atoms with Crippen LogP contribution in [0.15, 0.2) is 72.8 Å². The van der Waals surface area contributed by atoms with E-state index >= 15 is 0 Å². The summed E-state index contributed by atoms with van der Waals surface area (Å²) in [6, 6.07) is 18.5. The second-order valence-electron chi connectivity index (χ2n) is 7.25. The summed E-state index contributed by atoms with van der Waals surface area (Å²) in [5.74, 6) is -0.494. The molecule has 0 saturated carbocycles. The SMILES string of the molecule is CCOC(=O)Oc1ccc(C(=O)Nc2ccc(NC(=O)c3ccc(NS(C)(=O)=O)cc3)cc2)cc1. The number of nitrogens with one attached hydrogen (secondary N) is 3. The van der Waals surface area contributed by atoms with E-state index in [9.17, 15) is 22.8 Å². The molecule has 182 valence electrons. The van der Waals surface area contributed by atoms with Crippen molar-refractivity contribution in [1.82, 2.24) is 0 Å². The molecule has 0 atom stereocenters. The number of ether oxygens (including phenoxy) is 2. The van der Waals surface area contributed by atoms with Crippen molar-refractivity contribution < 1.29 is 32.3 Å². The number of amides is 2. The Morgan fingerprint density at radius 3 is 1.57 bits per heavy atom. The van der Waals surface area contributed by atoms with Crippen molar-refractivity contribution in [3.05, 3.63) is 83.9 Å². The van der Waals surface area contributed by atoms with Gasteiger partial charge in [0.1, 0.15) is 5.75 Å². The summed E-state index contributed by atoms with van der Waals surface area (Å²) in [5, 5.41) is 5.46. The van der Waals surface area contributed by atoms with Gasteiger partial charge < -0.3 is 20.1 Å². The zero-order valence-electron chi connectivity index (χ0n) is 18.9. The Hall–Kier alpha value is -4.38. The molecule has 0 aliphatic carbocycles. The Bertz CT molecular complexity index is 1300. The van der Waals surface area contributed by atoms with Crippen LogP contribution in [0, 0.1) is 0 Å². The monoisotopic (exact) mass is 497 g/mol. The van der Waals surface area contributed by atoms with E-state index in [4.69, 9.17) is 9.47 Å². The summed E-state index contributed by atoms with van der Waals surface area (Å²) >= 11 is 0. The number of hydrogen-bond acceptors (Lipinski definition) is 7. The fourth-order valence-electron chi connectivity index (χ4n) is 2.87. The van der Waals surface area contributed by atoms with E-state index in [1.54, 1.807) is 31.2 Å². The van der Waals surface area contributed by atoms with Gasteiger partial charge in [-0.15, -0.1) is 0 Å². The first-order valence-corrected chi connectivity index (χ1v) is 12.3. The van der Waals surface area contributed by atoms with Gasteiger partial charge in [-0.1, -0.05) is 0 Å². The number of benzene rings is 3. The van der Waals surface area contributed by atoms with Crippen LogP contribution in [0.1, 0.15) is 27.6 Å². The van der Waals surface area contributed by atoms with E-state index in [1.807, 2.05) is 0 Å². The van der Waals surface area contributed by atoms with Gasteiger partial charge in [-0.05, 0) is 79.7 Å². The van der Waals surface area contributed by atoms with Crippen molar-refractivity contribution in [2.45, 2.75) is 6.92 Å². The summed E-state index contributed by atoms with van der Waals surface area (Å²) in [4.78, 5) is 36.2. The molecule has 0 saturated heterocycles. The highest BCUT2D eigenvalue weighted by atomic mass is 32.2. The fourth-order valence-corrected chi connectivity index (χ4v) is 3.43. The lowest BCUT2D eigenvalue weighted by molar-refractivity contribution is 0.101. The largest absolute Gasteiger partial charge is 0.513 e. The van der Waals surface area contributed by atoms with Crippen molar-refractivity contribution in [3.63, 3.8) is 0 Å². The average Bonchev–Trinajstić information content (AvgIpc) is 2.80. The van der Waals surface area contributed by atoms with Gasteiger partial charge in [0.2, 0.25) is 10.0 Å². The quantitative estimate of drug-likeness (QED) is 0.314. The highest BCUT2D eigenvalue weighted by Crippen LogP contribution is 2.18. The number of carbonyl (C=O) groups excluding carboxylic acids is 3. The predicted molar refractivity (Wildman–Crippen MR) is 131 cm³/mol. The summed E-state index contributed by atoms with van der Waals surface area (Å²) < 4.78 is 34.5. The minimum atomic E-state index is -3.40. The summed E-state index contributed by atoms with van der Waals surface area (Å²) in [6.45, 7) is 1.86. The molecular formula is C24H23N3O7S. The molecule has 0 aliphatic rings. The maximum Gasteiger partial charge on any atom is 0.513 e. The van der Waals surface area contributed by atoms with Crippen LogP contribution in [0.2, 0.25) is 0 Å². The molecule has 2 amide bonds. The molecule has 0 unspecified atom stereocenters. The molecule has 3 aromatic carbocycles. The van der Waals surface area contributed by atoms with E-state index in [0.29, 0.717) is 28.2 Å². The Kier molecular flexibility index (Phi) is 8.05. The first kappa shape index (κ1) is 25.2. The lowest BCUT2D eigenvalue weighted by atomic mass is 10.2. The zero-order valence-corrected chi connectivity index (χ0v) is 19.7. The molecule has 0 fully saturated rings. The Morgan fingerprint density at radius 2 is 1.14 bits per heavy atom. The number of sulfonamides is 1. The van der Waals surface area contributed by atoms with Gasteiger partial charge >= 0.3 is 6.16 Å².